The number of benzene rings is 1. The van der Waals surface area contributed by atoms with Gasteiger partial charge in [-0.15, -0.1) is 0 Å². The first-order chi connectivity index (χ1) is 11.8. The van der Waals surface area contributed by atoms with Crippen molar-refractivity contribution >= 4 is 22.0 Å². The molecule has 2 aromatic rings. The second-order valence-electron chi connectivity index (χ2n) is 6.76. The van der Waals surface area contributed by atoms with Crippen molar-refractivity contribution in [2.24, 2.45) is 0 Å². The summed E-state index contributed by atoms with van der Waals surface area (Å²) in [6, 6.07) is 8.20. The van der Waals surface area contributed by atoms with Gasteiger partial charge in [0.25, 0.3) is 0 Å². The number of halogens is 1. The van der Waals surface area contributed by atoms with Gasteiger partial charge in [-0.2, -0.15) is 4.98 Å². The Morgan fingerprint density at radius 2 is 1.92 bits per heavy atom. The smallest absolute Gasteiger partial charge is 0.407 e. The van der Waals surface area contributed by atoms with Gasteiger partial charge in [-0.1, -0.05) is 33.2 Å². The summed E-state index contributed by atoms with van der Waals surface area (Å²) in [7, 11) is 0. The minimum Gasteiger partial charge on any atom is -0.444 e. The molecule has 0 spiro atoms. The number of alkyl carbamates (subject to hydrolysis) is 1. The van der Waals surface area contributed by atoms with Crippen molar-refractivity contribution in [3.8, 4) is 0 Å². The van der Waals surface area contributed by atoms with Gasteiger partial charge in [-0.05, 0) is 51.3 Å². The van der Waals surface area contributed by atoms with Crippen LogP contribution in [-0.2, 0) is 24.0 Å². The molecular formula is C18H24BrN3O3. The van der Waals surface area contributed by atoms with Crippen molar-refractivity contribution in [3.05, 3.63) is 46.0 Å². The quantitative estimate of drug-likeness (QED) is 0.697. The number of hydrogen-bond donors (Lipinski definition) is 1. The molecule has 2 rings (SSSR count). The summed E-state index contributed by atoms with van der Waals surface area (Å²) >= 11 is 3.42. The number of rotatable bonds is 7. The minimum absolute atomic E-state index is 0.409. The van der Waals surface area contributed by atoms with Crippen molar-refractivity contribution in [1.29, 1.82) is 0 Å². The fourth-order valence-electron chi connectivity index (χ4n) is 2.14. The number of ether oxygens (including phenoxy) is 1. The average molecular weight is 410 g/mol. The molecule has 7 heteroatoms. The van der Waals surface area contributed by atoms with E-state index in [0.29, 0.717) is 31.1 Å². The van der Waals surface area contributed by atoms with Crippen LogP contribution in [0.2, 0.25) is 0 Å². The van der Waals surface area contributed by atoms with Gasteiger partial charge in [0.1, 0.15) is 5.60 Å². The van der Waals surface area contributed by atoms with Gasteiger partial charge in [0.15, 0.2) is 5.82 Å². The van der Waals surface area contributed by atoms with Gasteiger partial charge in [-0.25, -0.2) is 4.79 Å². The Bertz CT molecular complexity index is 678. The largest absolute Gasteiger partial charge is 0.444 e. The van der Waals surface area contributed by atoms with Gasteiger partial charge in [-0.3, -0.25) is 0 Å². The number of carbonyl (C=O) groups is 1. The summed E-state index contributed by atoms with van der Waals surface area (Å²) in [5, 5.41) is 6.72. The van der Waals surface area contributed by atoms with Crippen molar-refractivity contribution in [1.82, 2.24) is 15.5 Å². The highest BCUT2D eigenvalue weighted by molar-refractivity contribution is 9.10. The first-order valence-electron chi connectivity index (χ1n) is 8.34. The maximum Gasteiger partial charge on any atom is 0.407 e. The van der Waals surface area contributed by atoms with Crippen molar-refractivity contribution < 1.29 is 14.1 Å². The molecule has 0 aliphatic carbocycles. The second-order valence-corrected chi connectivity index (χ2v) is 7.68. The lowest BCUT2D eigenvalue weighted by Gasteiger charge is -2.19. The molecule has 136 valence electrons. The second kappa shape index (κ2) is 8.99. The third kappa shape index (κ3) is 7.69. The minimum atomic E-state index is -0.486. The van der Waals surface area contributed by atoms with E-state index in [9.17, 15) is 4.79 Å². The predicted molar refractivity (Wildman–Crippen MR) is 98.4 cm³/mol. The fourth-order valence-corrected chi connectivity index (χ4v) is 2.41. The molecule has 0 saturated heterocycles. The number of amides is 1. The maximum absolute atomic E-state index is 11.5. The predicted octanol–water partition coefficient (Wildman–Crippen LogP) is 4.07. The van der Waals surface area contributed by atoms with E-state index >= 15 is 0 Å². The van der Waals surface area contributed by atoms with Crippen LogP contribution in [0, 0.1) is 0 Å². The topological polar surface area (TPSA) is 77.2 Å². The van der Waals surface area contributed by atoms with E-state index < -0.39 is 11.7 Å². The monoisotopic (exact) mass is 409 g/mol. The maximum atomic E-state index is 11.5. The molecule has 0 atom stereocenters. The van der Waals surface area contributed by atoms with E-state index in [2.05, 4.69) is 43.5 Å². The lowest BCUT2D eigenvalue weighted by molar-refractivity contribution is 0.0527. The van der Waals surface area contributed by atoms with Gasteiger partial charge in [0.2, 0.25) is 5.89 Å². The molecule has 0 saturated carbocycles. The van der Waals surface area contributed by atoms with Crippen LogP contribution < -0.4 is 5.32 Å². The molecule has 0 bridgehead atoms. The van der Waals surface area contributed by atoms with E-state index in [0.717, 1.165) is 17.3 Å². The molecule has 25 heavy (non-hydrogen) atoms. The van der Waals surface area contributed by atoms with Crippen LogP contribution >= 0.6 is 15.9 Å². The Balaban J connectivity index is 1.67. The molecule has 0 fully saturated rings. The van der Waals surface area contributed by atoms with E-state index in [1.165, 1.54) is 5.56 Å². The third-order valence-corrected chi connectivity index (χ3v) is 3.82. The Labute approximate surface area is 156 Å². The molecule has 1 heterocycles. The lowest BCUT2D eigenvalue weighted by Crippen LogP contribution is -2.33. The Morgan fingerprint density at radius 1 is 1.20 bits per heavy atom. The van der Waals surface area contributed by atoms with Gasteiger partial charge in [0.05, 0.1) is 0 Å². The molecule has 0 aliphatic heterocycles. The average Bonchev–Trinajstić information content (AvgIpc) is 2.97. The molecule has 1 aromatic heterocycles. The first-order valence-corrected chi connectivity index (χ1v) is 9.14. The number of carbonyl (C=O) groups excluding carboxylic acids is 1. The van der Waals surface area contributed by atoms with Crippen LogP contribution in [0.5, 0.6) is 0 Å². The van der Waals surface area contributed by atoms with Crippen molar-refractivity contribution in [2.75, 3.05) is 6.54 Å². The third-order valence-electron chi connectivity index (χ3n) is 3.30. The highest BCUT2D eigenvalue weighted by Gasteiger charge is 2.15. The SMILES string of the molecule is CC(C)(C)OC(=O)NCCCc1nc(CCc2ccc(Br)cc2)no1. The Morgan fingerprint density at radius 3 is 2.60 bits per heavy atom. The molecule has 1 N–H and O–H groups in total. The molecule has 1 amide bonds. The standard InChI is InChI=1S/C18H24BrN3O3/c1-18(2,3)24-17(23)20-12-4-5-16-21-15(22-25-16)11-8-13-6-9-14(19)10-7-13/h6-7,9-10H,4-5,8,11-12H2,1-3H3,(H,20,23). The normalized spacial score (nSPS) is 11.4. The van der Waals surface area contributed by atoms with Crippen LogP contribution in [0.25, 0.3) is 0 Å². The molecule has 0 unspecified atom stereocenters. The van der Waals surface area contributed by atoms with Gasteiger partial charge >= 0.3 is 6.09 Å². The first kappa shape index (κ1) is 19.4. The number of nitrogens with zero attached hydrogens (tertiary/aromatic N) is 2. The van der Waals surface area contributed by atoms with Gasteiger partial charge in [0, 0.05) is 23.9 Å². The molecular weight excluding hydrogens is 386 g/mol. The summed E-state index contributed by atoms with van der Waals surface area (Å²) in [5.41, 5.74) is 0.747. The fraction of sp³-hybridized carbons (Fsp3) is 0.500. The Kier molecular flexibility index (Phi) is 6.99. The van der Waals surface area contributed by atoms with E-state index in [-0.39, 0.29) is 0 Å². The van der Waals surface area contributed by atoms with Gasteiger partial charge < -0.3 is 14.6 Å². The summed E-state index contributed by atoms with van der Waals surface area (Å²) in [6.45, 7) is 6.01. The zero-order chi connectivity index (χ0) is 18.3. The van der Waals surface area contributed by atoms with Crippen LogP contribution in [0.3, 0.4) is 0 Å². The zero-order valence-corrected chi connectivity index (χ0v) is 16.4. The highest BCUT2D eigenvalue weighted by Crippen LogP contribution is 2.12. The lowest BCUT2D eigenvalue weighted by atomic mass is 10.1. The number of hydrogen-bond acceptors (Lipinski definition) is 5. The number of nitrogens with one attached hydrogen (secondary N) is 1. The van der Waals surface area contributed by atoms with E-state index in [1.807, 2.05) is 32.9 Å². The van der Waals surface area contributed by atoms with Crippen LogP contribution in [0.1, 0.15) is 44.5 Å². The van der Waals surface area contributed by atoms with Crippen LogP contribution in [-0.4, -0.2) is 28.4 Å². The molecule has 0 aliphatic rings. The van der Waals surface area contributed by atoms with E-state index in [4.69, 9.17) is 9.26 Å². The zero-order valence-electron chi connectivity index (χ0n) is 14.8. The van der Waals surface area contributed by atoms with Crippen molar-refractivity contribution in [3.63, 3.8) is 0 Å². The summed E-state index contributed by atoms with van der Waals surface area (Å²) in [4.78, 5) is 15.9. The molecule has 6 nitrogen and oxygen atoms in total. The summed E-state index contributed by atoms with van der Waals surface area (Å²) < 4.78 is 11.5. The number of aromatic nitrogens is 2. The summed E-state index contributed by atoms with van der Waals surface area (Å²) in [6.07, 6.45) is 2.54. The summed E-state index contributed by atoms with van der Waals surface area (Å²) in [5.74, 6) is 1.30. The van der Waals surface area contributed by atoms with Crippen LogP contribution in [0.4, 0.5) is 4.79 Å². The number of aryl methyl sites for hydroxylation is 3. The molecule has 0 radical (unpaired) electrons. The van der Waals surface area contributed by atoms with Crippen LogP contribution in [0.15, 0.2) is 33.3 Å². The Hall–Kier alpha value is -1.89. The van der Waals surface area contributed by atoms with E-state index in [1.54, 1.807) is 0 Å². The van der Waals surface area contributed by atoms with Crippen molar-refractivity contribution in [2.45, 2.75) is 52.1 Å². The highest BCUT2D eigenvalue weighted by atomic mass is 79.9. The molecule has 1 aromatic carbocycles.